The number of anilines is 1. The van der Waals surface area contributed by atoms with Gasteiger partial charge in [0.25, 0.3) is 0 Å². The number of piperazine rings is 1. The molecule has 2 aliphatic rings. The fourth-order valence-electron chi connectivity index (χ4n) is 6.10. The van der Waals surface area contributed by atoms with E-state index in [2.05, 4.69) is 51.0 Å². The molecule has 0 radical (unpaired) electrons. The van der Waals surface area contributed by atoms with Crippen molar-refractivity contribution in [1.29, 1.82) is 5.26 Å². The maximum atomic E-state index is 9.81. The van der Waals surface area contributed by atoms with Gasteiger partial charge in [0, 0.05) is 61.5 Å². The summed E-state index contributed by atoms with van der Waals surface area (Å²) in [7, 11) is 0. The molecule has 2 fully saturated rings. The zero-order valence-corrected chi connectivity index (χ0v) is 25.9. The number of rotatable bonds is 8. The summed E-state index contributed by atoms with van der Waals surface area (Å²) in [5.74, 6) is 1.56. The maximum absolute atomic E-state index is 9.81. The van der Waals surface area contributed by atoms with Crippen molar-refractivity contribution in [3.8, 4) is 34.5 Å². The summed E-state index contributed by atoms with van der Waals surface area (Å²) >= 11 is 0. The molecule has 5 aromatic heterocycles. The van der Waals surface area contributed by atoms with E-state index in [9.17, 15) is 5.26 Å². The van der Waals surface area contributed by atoms with Crippen molar-refractivity contribution in [3.63, 3.8) is 0 Å². The van der Waals surface area contributed by atoms with E-state index in [1.807, 2.05) is 61.5 Å². The van der Waals surface area contributed by atoms with Crippen LogP contribution in [0.25, 0.3) is 28.0 Å². The highest BCUT2D eigenvalue weighted by Gasteiger charge is 2.38. The first-order chi connectivity index (χ1) is 21.9. The Bertz CT molecular complexity index is 1820. The minimum atomic E-state index is 0.0969. The fraction of sp³-hybridized carbons (Fsp3) is 0.394. The summed E-state index contributed by atoms with van der Waals surface area (Å²) in [6.07, 6.45) is 11.1. The highest BCUT2D eigenvalue weighted by Crippen LogP contribution is 2.31. The van der Waals surface area contributed by atoms with Crippen LogP contribution in [-0.4, -0.2) is 83.7 Å². The van der Waals surface area contributed by atoms with E-state index in [0.717, 1.165) is 47.8 Å². The van der Waals surface area contributed by atoms with E-state index in [1.54, 1.807) is 16.9 Å². The van der Waals surface area contributed by atoms with E-state index < -0.39 is 0 Å². The van der Waals surface area contributed by atoms with Crippen LogP contribution in [0.1, 0.15) is 44.9 Å². The van der Waals surface area contributed by atoms with Crippen LogP contribution in [-0.2, 0) is 11.3 Å². The number of pyridine rings is 2. The van der Waals surface area contributed by atoms with Crippen LogP contribution in [0.15, 0.2) is 61.4 Å². The first-order valence-electron chi connectivity index (χ1n) is 15.4. The predicted octanol–water partition coefficient (Wildman–Crippen LogP) is 4.38. The molecule has 230 valence electrons. The Labute approximate surface area is 261 Å². The summed E-state index contributed by atoms with van der Waals surface area (Å²) in [6.45, 7) is 11.9. The zero-order chi connectivity index (χ0) is 31.1. The number of hydrogen-bond acceptors (Lipinski definition) is 10. The minimum Gasteiger partial charge on any atom is -0.475 e. The molecule has 45 heavy (non-hydrogen) atoms. The van der Waals surface area contributed by atoms with Gasteiger partial charge >= 0.3 is 0 Å². The molecule has 12 nitrogen and oxygen atoms in total. The van der Waals surface area contributed by atoms with Crippen LogP contribution in [0.3, 0.4) is 0 Å². The minimum absolute atomic E-state index is 0.0969. The van der Waals surface area contributed by atoms with Gasteiger partial charge in [-0.15, -0.1) is 0 Å². The van der Waals surface area contributed by atoms with Gasteiger partial charge in [-0.1, -0.05) is 6.07 Å². The molecule has 2 saturated heterocycles. The molecule has 2 aliphatic heterocycles. The lowest BCUT2D eigenvalue weighted by Gasteiger charge is -2.50. The van der Waals surface area contributed by atoms with Gasteiger partial charge in [-0.05, 0) is 45.4 Å². The fourth-order valence-corrected chi connectivity index (χ4v) is 6.10. The molecule has 0 N–H and O–H groups in total. The molecule has 2 bridgehead atoms. The molecule has 7 rings (SSSR count). The second-order valence-electron chi connectivity index (χ2n) is 12.2. The number of fused-ring (bicyclic) bond motifs is 3. The van der Waals surface area contributed by atoms with Crippen molar-refractivity contribution in [2.24, 2.45) is 0 Å². The van der Waals surface area contributed by atoms with Crippen molar-refractivity contribution in [3.05, 3.63) is 72.6 Å². The molecule has 0 saturated carbocycles. The SMILES string of the molecule is CC(C)Oc1ccc(CN2[C@@H]3COC[C@H]2CN(c2ccc(-c4nc(-c5cnn(C(C)C)c5)cn5ncc(C#N)c45)cn2)C3)cn1. The summed E-state index contributed by atoms with van der Waals surface area (Å²) in [5, 5.41) is 18.7. The Hall–Kier alpha value is -4.86. The van der Waals surface area contributed by atoms with Gasteiger partial charge in [0.15, 0.2) is 0 Å². The number of ether oxygens (including phenoxy) is 2. The van der Waals surface area contributed by atoms with Gasteiger partial charge in [-0.25, -0.2) is 19.5 Å². The molecular weight excluding hydrogens is 568 g/mol. The van der Waals surface area contributed by atoms with Crippen molar-refractivity contribution in [2.75, 3.05) is 31.2 Å². The normalized spacial score (nSPS) is 18.6. The molecule has 7 heterocycles. The number of hydrogen-bond donors (Lipinski definition) is 0. The number of aromatic nitrogens is 7. The smallest absolute Gasteiger partial charge is 0.213 e. The predicted molar refractivity (Wildman–Crippen MR) is 169 cm³/mol. The van der Waals surface area contributed by atoms with E-state index in [1.165, 1.54) is 0 Å². The Balaban J connectivity index is 1.12. The average molecular weight is 605 g/mol. The third kappa shape index (κ3) is 5.72. The largest absolute Gasteiger partial charge is 0.475 e. The third-order valence-corrected chi connectivity index (χ3v) is 8.33. The highest BCUT2D eigenvalue weighted by molar-refractivity contribution is 5.83. The molecule has 5 aromatic rings. The molecule has 0 unspecified atom stereocenters. The Kier molecular flexibility index (Phi) is 7.64. The van der Waals surface area contributed by atoms with Crippen molar-refractivity contribution in [1.82, 2.24) is 39.2 Å². The summed E-state index contributed by atoms with van der Waals surface area (Å²) in [6, 6.07) is 11.1. The van der Waals surface area contributed by atoms with Crippen LogP contribution < -0.4 is 9.64 Å². The van der Waals surface area contributed by atoms with Crippen LogP contribution >= 0.6 is 0 Å². The average Bonchev–Trinajstić information content (AvgIpc) is 3.69. The standard InChI is InChI=1S/C33H36N10O2/c1-21(2)42-15-26(13-37-42)29-18-43-33(25(9-34)12-38-43)32(39-29)24-6-7-30(35-11-24)40-16-27-19-44-20-28(17-40)41(27)14-23-5-8-31(36-10-23)45-22(3)4/h5-8,10-13,15,18,21-22,27-28H,14,16-17,19-20H2,1-4H3/t27-,28+. The van der Waals surface area contributed by atoms with E-state index in [0.29, 0.717) is 35.9 Å². The molecule has 0 spiro atoms. The Morgan fingerprint density at radius 2 is 1.76 bits per heavy atom. The quantitative estimate of drug-likeness (QED) is 0.252. The van der Waals surface area contributed by atoms with Gasteiger partial charge in [-0.2, -0.15) is 15.5 Å². The lowest BCUT2D eigenvalue weighted by Crippen LogP contribution is -2.64. The third-order valence-electron chi connectivity index (χ3n) is 8.33. The number of nitriles is 1. The summed E-state index contributed by atoms with van der Waals surface area (Å²) in [5.41, 5.74) is 5.37. The topological polar surface area (TPSA) is 123 Å². The maximum Gasteiger partial charge on any atom is 0.213 e. The lowest BCUT2D eigenvalue weighted by atomic mass is 10.0. The van der Waals surface area contributed by atoms with E-state index >= 15 is 0 Å². The van der Waals surface area contributed by atoms with Gasteiger partial charge in [0.2, 0.25) is 5.88 Å². The first-order valence-corrected chi connectivity index (χ1v) is 15.4. The van der Waals surface area contributed by atoms with E-state index in [-0.39, 0.29) is 24.2 Å². The number of nitrogens with zero attached hydrogens (tertiary/aromatic N) is 10. The number of morpholine rings is 1. The van der Waals surface area contributed by atoms with Crippen molar-refractivity contribution >= 4 is 11.3 Å². The summed E-state index contributed by atoms with van der Waals surface area (Å²) < 4.78 is 15.3. The first kappa shape index (κ1) is 28.9. The monoisotopic (exact) mass is 604 g/mol. The van der Waals surface area contributed by atoms with Gasteiger partial charge < -0.3 is 14.4 Å². The molecule has 0 aromatic carbocycles. The lowest BCUT2D eigenvalue weighted by molar-refractivity contribution is -0.0620. The van der Waals surface area contributed by atoms with Gasteiger partial charge in [-0.3, -0.25) is 9.58 Å². The summed E-state index contributed by atoms with van der Waals surface area (Å²) in [4.78, 5) is 19.3. The van der Waals surface area contributed by atoms with Crippen molar-refractivity contribution in [2.45, 2.75) is 58.5 Å². The molecule has 0 aliphatic carbocycles. The van der Waals surface area contributed by atoms with Crippen LogP contribution in [0, 0.1) is 11.3 Å². The van der Waals surface area contributed by atoms with Crippen molar-refractivity contribution < 1.29 is 9.47 Å². The van der Waals surface area contributed by atoms with E-state index in [4.69, 9.17) is 19.4 Å². The second kappa shape index (κ2) is 11.9. The van der Waals surface area contributed by atoms with Gasteiger partial charge in [0.1, 0.15) is 23.0 Å². The molecule has 2 atom stereocenters. The highest BCUT2D eigenvalue weighted by atomic mass is 16.5. The second-order valence-corrected chi connectivity index (χ2v) is 12.2. The molecule has 0 amide bonds. The van der Waals surface area contributed by atoms with Crippen LogP contribution in [0.2, 0.25) is 0 Å². The zero-order valence-electron chi connectivity index (χ0n) is 25.9. The van der Waals surface area contributed by atoms with Gasteiger partial charge in [0.05, 0.1) is 61.4 Å². The van der Waals surface area contributed by atoms with Crippen LogP contribution in [0.5, 0.6) is 5.88 Å². The Morgan fingerprint density at radius 3 is 2.40 bits per heavy atom. The molecule has 12 heteroatoms. The molecular formula is C33H36N10O2. The Morgan fingerprint density at radius 1 is 0.933 bits per heavy atom. The van der Waals surface area contributed by atoms with Crippen LogP contribution in [0.4, 0.5) is 5.82 Å².